The van der Waals surface area contributed by atoms with E-state index in [1.165, 1.54) is 11.3 Å². The van der Waals surface area contributed by atoms with Gasteiger partial charge in [0.05, 0.1) is 5.69 Å². The van der Waals surface area contributed by atoms with Crippen molar-refractivity contribution in [3.63, 3.8) is 0 Å². The molecule has 0 spiro atoms. The molecule has 0 unspecified atom stereocenters. The van der Waals surface area contributed by atoms with Crippen LogP contribution < -0.4 is 4.90 Å². The number of piperazine rings is 1. The van der Waals surface area contributed by atoms with E-state index >= 15 is 0 Å². The molecule has 0 aliphatic carbocycles. The Bertz CT molecular complexity index is 598. The highest BCUT2D eigenvalue weighted by atomic mass is 79.9. The molecule has 2 heterocycles. The second-order valence-corrected chi connectivity index (χ2v) is 6.46. The van der Waals surface area contributed by atoms with Crippen LogP contribution in [0.15, 0.2) is 33.3 Å². The molecular weight excluding hydrogens is 330 g/mol. The topological polar surface area (TPSA) is 32.5 Å². The van der Waals surface area contributed by atoms with Gasteiger partial charge in [0.2, 0.25) is 0 Å². The van der Waals surface area contributed by atoms with Crippen molar-refractivity contribution < 1.29 is 4.52 Å². The van der Waals surface area contributed by atoms with Gasteiger partial charge in [-0.2, -0.15) is 0 Å². The fourth-order valence-electron chi connectivity index (χ4n) is 2.79. The Morgan fingerprint density at radius 2 is 1.95 bits per heavy atom. The predicted molar refractivity (Wildman–Crippen MR) is 87.6 cm³/mol. The molecule has 5 heteroatoms. The fourth-order valence-corrected chi connectivity index (χ4v) is 3.18. The van der Waals surface area contributed by atoms with Gasteiger partial charge < -0.3 is 9.42 Å². The molecule has 0 N–H and O–H groups in total. The van der Waals surface area contributed by atoms with Crippen molar-refractivity contribution >= 4 is 21.6 Å². The van der Waals surface area contributed by atoms with Crippen molar-refractivity contribution in [3.8, 4) is 0 Å². The molecule has 1 aromatic carbocycles. The van der Waals surface area contributed by atoms with Gasteiger partial charge in [-0.1, -0.05) is 27.2 Å². The molecule has 0 atom stereocenters. The van der Waals surface area contributed by atoms with E-state index in [1.807, 2.05) is 13.8 Å². The highest BCUT2D eigenvalue weighted by Crippen LogP contribution is 2.22. The quantitative estimate of drug-likeness (QED) is 0.850. The molecule has 0 radical (unpaired) electrons. The van der Waals surface area contributed by atoms with Gasteiger partial charge in [-0.3, -0.25) is 4.90 Å². The van der Waals surface area contributed by atoms with Gasteiger partial charge in [-0.05, 0) is 32.0 Å². The lowest BCUT2D eigenvalue weighted by Crippen LogP contribution is -2.46. The zero-order chi connectivity index (χ0) is 14.8. The Labute approximate surface area is 133 Å². The molecule has 1 saturated heterocycles. The second-order valence-electron chi connectivity index (χ2n) is 5.55. The first-order valence-corrected chi connectivity index (χ1v) is 8.07. The van der Waals surface area contributed by atoms with Crippen LogP contribution in [-0.2, 0) is 6.54 Å². The van der Waals surface area contributed by atoms with E-state index in [9.17, 15) is 0 Å². The number of hydrogen-bond acceptors (Lipinski definition) is 4. The molecule has 1 fully saturated rings. The van der Waals surface area contributed by atoms with Crippen molar-refractivity contribution in [1.82, 2.24) is 10.1 Å². The van der Waals surface area contributed by atoms with Gasteiger partial charge in [0.25, 0.3) is 0 Å². The van der Waals surface area contributed by atoms with E-state index in [0.717, 1.165) is 48.7 Å². The summed E-state index contributed by atoms with van der Waals surface area (Å²) in [5.41, 5.74) is 3.55. The largest absolute Gasteiger partial charge is 0.369 e. The molecule has 0 amide bonds. The average molecular weight is 350 g/mol. The van der Waals surface area contributed by atoms with Crippen LogP contribution in [0, 0.1) is 13.8 Å². The summed E-state index contributed by atoms with van der Waals surface area (Å²) in [6.07, 6.45) is 0. The zero-order valence-electron chi connectivity index (χ0n) is 12.5. The molecule has 3 rings (SSSR count). The highest BCUT2D eigenvalue weighted by molar-refractivity contribution is 9.10. The monoisotopic (exact) mass is 349 g/mol. The zero-order valence-corrected chi connectivity index (χ0v) is 14.1. The van der Waals surface area contributed by atoms with Crippen LogP contribution in [-0.4, -0.2) is 36.2 Å². The van der Waals surface area contributed by atoms with E-state index in [1.54, 1.807) is 0 Å². The Balaban J connectivity index is 1.60. The van der Waals surface area contributed by atoms with Crippen LogP contribution in [0.1, 0.15) is 17.0 Å². The standard InChI is InChI=1S/C16H20BrN3O/c1-12-16(13(2)21-18-12)11-19-6-8-20(9-7-19)15-5-3-4-14(17)10-15/h3-5,10H,6-9,11H2,1-2H3. The Hall–Kier alpha value is -1.33. The van der Waals surface area contributed by atoms with Gasteiger partial charge in [0.15, 0.2) is 0 Å². The fraction of sp³-hybridized carbons (Fsp3) is 0.438. The van der Waals surface area contributed by atoms with Crippen LogP contribution >= 0.6 is 15.9 Å². The predicted octanol–water partition coefficient (Wildman–Crippen LogP) is 3.38. The minimum Gasteiger partial charge on any atom is -0.369 e. The Kier molecular flexibility index (Phi) is 4.31. The van der Waals surface area contributed by atoms with E-state index in [-0.39, 0.29) is 0 Å². The summed E-state index contributed by atoms with van der Waals surface area (Å²) in [4.78, 5) is 4.91. The van der Waals surface area contributed by atoms with Gasteiger partial charge in [-0.15, -0.1) is 0 Å². The number of aromatic nitrogens is 1. The van der Waals surface area contributed by atoms with Crippen molar-refractivity contribution in [1.29, 1.82) is 0 Å². The van der Waals surface area contributed by atoms with Crippen LogP contribution in [0.25, 0.3) is 0 Å². The summed E-state index contributed by atoms with van der Waals surface area (Å²) in [7, 11) is 0. The lowest BCUT2D eigenvalue weighted by Gasteiger charge is -2.36. The number of rotatable bonds is 3. The average Bonchev–Trinajstić information content (AvgIpc) is 2.80. The summed E-state index contributed by atoms with van der Waals surface area (Å²) in [6, 6.07) is 8.52. The first-order chi connectivity index (χ1) is 10.1. The van der Waals surface area contributed by atoms with Gasteiger partial charge in [0, 0.05) is 48.4 Å². The van der Waals surface area contributed by atoms with Crippen LogP contribution in [0.2, 0.25) is 0 Å². The third-order valence-corrected chi connectivity index (χ3v) is 4.60. The Morgan fingerprint density at radius 3 is 2.57 bits per heavy atom. The van der Waals surface area contributed by atoms with Crippen LogP contribution in [0.5, 0.6) is 0 Å². The minimum atomic E-state index is 0.938. The number of aryl methyl sites for hydroxylation is 2. The van der Waals surface area contributed by atoms with E-state index in [2.05, 4.69) is 55.2 Å². The number of anilines is 1. The first-order valence-electron chi connectivity index (χ1n) is 7.28. The summed E-state index contributed by atoms with van der Waals surface area (Å²) in [5.74, 6) is 0.946. The molecule has 1 aromatic heterocycles. The smallest absolute Gasteiger partial charge is 0.138 e. The molecular formula is C16H20BrN3O. The van der Waals surface area contributed by atoms with Crippen molar-refractivity contribution in [2.75, 3.05) is 31.1 Å². The van der Waals surface area contributed by atoms with Crippen molar-refractivity contribution in [2.24, 2.45) is 0 Å². The lowest BCUT2D eigenvalue weighted by molar-refractivity contribution is 0.248. The Morgan fingerprint density at radius 1 is 1.19 bits per heavy atom. The van der Waals surface area contributed by atoms with Crippen molar-refractivity contribution in [2.45, 2.75) is 20.4 Å². The molecule has 0 bridgehead atoms. The van der Waals surface area contributed by atoms with Crippen LogP contribution in [0.3, 0.4) is 0 Å². The second kappa shape index (κ2) is 6.20. The normalized spacial score (nSPS) is 16.4. The maximum absolute atomic E-state index is 5.25. The highest BCUT2D eigenvalue weighted by Gasteiger charge is 2.20. The maximum atomic E-state index is 5.25. The molecule has 0 saturated carbocycles. The maximum Gasteiger partial charge on any atom is 0.138 e. The van der Waals surface area contributed by atoms with Gasteiger partial charge in [-0.25, -0.2) is 0 Å². The number of nitrogens with zero attached hydrogens (tertiary/aromatic N) is 3. The molecule has 2 aromatic rings. The first kappa shape index (κ1) is 14.6. The number of benzene rings is 1. The SMILES string of the molecule is Cc1noc(C)c1CN1CCN(c2cccc(Br)c2)CC1. The number of hydrogen-bond donors (Lipinski definition) is 0. The summed E-state index contributed by atoms with van der Waals surface area (Å²) in [6.45, 7) is 9.19. The molecule has 1 aliphatic heterocycles. The van der Waals surface area contributed by atoms with Gasteiger partial charge >= 0.3 is 0 Å². The number of halogens is 1. The molecule has 4 nitrogen and oxygen atoms in total. The molecule has 112 valence electrons. The summed E-state index contributed by atoms with van der Waals surface area (Å²) >= 11 is 3.54. The molecule has 1 aliphatic rings. The van der Waals surface area contributed by atoms with Crippen molar-refractivity contribution in [3.05, 3.63) is 45.8 Å². The summed E-state index contributed by atoms with van der Waals surface area (Å²) < 4.78 is 6.39. The molecule has 21 heavy (non-hydrogen) atoms. The van der Waals surface area contributed by atoms with E-state index in [4.69, 9.17) is 4.52 Å². The lowest BCUT2D eigenvalue weighted by atomic mass is 10.1. The van der Waals surface area contributed by atoms with Gasteiger partial charge in [0.1, 0.15) is 5.76 Å². The third-order valence-electron chi connectivity index (χ3n) is 4.11. The van der Waals surface area contributed by atoms with E-state index < -0.39 is 0 Å². The minimum absolute atomic E-state index is 0.938. The van der Waals surface area contributed by atoms with Crippen LogP contribution in [0.4, 0.5) is 5.69 Å². The summed E-state index contributed by atoms with van der Waals surface area (Å²) in [5, 5.41) is 4.04. The van der Waals surface area contributed by atoms with E-state index in [0.29, 0.717) is 0 Å². The third kappa shape index (κ3) is 3.30.